The summed E-state index contributed by atoms with van der Waals surface area (Å²) in [6.07, 6.45) is 16.7. The summed E-state index contributed by atoms with van der Waals surface area (Å²) in [6.45, 7) is 2.19. The van der Waals surface area contributed by atoms with Gasteiger partial charge >= 0.3 is 0 Å². The molecule has 116 valence electrons. The molecular weight excluding hydrogens is 263 g/mol. The van der Waals surface area contributed by atoms with Crippen molar-refractivity contribution in [3.8, 4) is 0 Å². The highest BCUT2D eigenvalue weighted by Gasteiger charge is 2.29. The van der Waals surface area contributed by atoms with E-state index in [4.69, 9.17) is 0 Å². The van der Waals surface area contributed by atoms with Gasteiger partial charge in [0.05, 0.1) is 6.67 Å². The van der Waals surface area contributed by atoms with Crippen LogP contribution in [0, 0.1) is 17.8 Å². The molecule has 0 unspecified atom stereocenters. The molecule has 0 radical (unpaired) electrons. The molecule has 0 nitrogen and oxygen atoms in total. The van der Waals surface area contributed by atoms with Crippen LogP contribution in [-0.4, -0.2) is 16.2 Å². The van der Waals surface area contributed by atoms with E-state index < -0.39 is 0 Å². The first-order valence-electron chi connectivity index (χ1n) is 9.06. The summed E-state index contributed by atoms with van der Waals surface area (Å²) in [6, 6.07) is 1.51. The van der Waals surface area contributed by atoms with Gasteiger partial charge in [-0.3, -0.25) is 4.39 Å². The Hall–Kier alpha value is -0.113. The Morgan fingerprint density at radius 2 is 1.55 bits per heavy atom. The molecular formula is C18H33FSi. The molecule has 20 heavy (non-hydrogen) atoms. The highest BCUT2D eigenvalue weighted by molar-refractivity contribution is 6.37. The topological polar surface area (TPSA) is 0 Å². The summed E-state index contributed by atoms with van der Waals surface area (Å²) in [5.41, 5.74) is 1.18. The van der Waals surface area contributed by atoms with Crippen LogP contribution in [0.25, 0.3) is 0 Å². The van der Waals surface area contributed by atoms with E-state index in [0.717, 1.165) is 17.8 Å². The average Bonchev–Trinajstić information content (AvgIpc) is 2.49. The zero-order valence-electron chi connectivity index (χ0n) is 13.3. The molecule has 2 fully saturated rings. The molecule has 0 N–H and O–H groups in total. The predicted molar refractivity (Wildman–Crippen MR) is 89.9 cm³/mol. The van der Waals surface area contributed by atoms with Gasteiger partial charge in [0.15, 0.2) is 0 Å². The SMILES string of the molecule is CC[SiH2][C@H]1CC[C@H]([C@H]2CC[C@H](/C=C/CCF)CC2)CC1. The van der Waals surface area contributed by atoms with Crippen molar-refractivity contribution in [1.82, 2.24) is 0 Å². The van der Waals surface area contributed by atoms with Crippen molar-refractivity contribution in [3.63, 3.8) is 0 Å². The van der Waals surface area contributed by atoms with Gasteiger partial charge in [0.25, 0.3) is 0 Å². The fraction of sp³-hybridized carbons (Fsp3) is 0.889. The number of hydrogen-bond acceptors (Lipinski definition) is 0. The summed E-state index contributed by atoms with van der Waals surface area (Å²) in [4.78, 5) is 0. The van der Waals surface area contributed by atoms with Crippen molar-refractivity contribution in [2.45, 2.75) is 76.3 Å². The Morgan fingerprint density at radius 3 is 2.10 bits per heavy atom. The van der Waals surface area contributed by atoms with E-state index in [1.165, 1.54) is 50.1 Å². The summed E-state index contributed by atoms with van der Waals surface area (Å²) in [5.74, 6) is 2.82. The van der Waals surface area contributed by atoms with Crippen LogP contribution in [0.2, 0.25) is 11.6 Å². The van der Waals surface area contributed by atoms with Crippen LogP contribution in [0.15, 0.2) is 12.2 Å². The van der Waals surface area contributed by atoms with Crippen LogP contribution in [0.4, 0.5) is 4.39 Å². The molecule has 0 aliphatic heterocycles. The lowest BCUT2D eigenvalue weighted by Crippen LogP contribution is -2.25. The Balaban J connectivity index is 1.67. The Labute approximate surface area is 127 Å². The monoisotopic (exact) mass is 296 g/mol. The van der Waals surface area contributed by atoms with E-state index in [2.05, 4.69) is 19.1 Å². The molecule has 0 bridgehead atoms. The first-order chi connectivity index (χ1) is 9.83. The highest BCUT2D eigenvalue weighted by atomic mass is 28.2. The van der Waals surface area contributed by atoms with Gasteiger partial charge < -0.3 is 0 Å². The molecule has 0 atom stereocenters. The second-order valence-electron chi connectivity index (χ2n) is 7.15. The molecule has 2 heteroatoms. The average molecular weight is 297 g/mol. The largest absolute Gasteiger partial charge is 0.251 e. The number of rotatable bonds is 6. The van der Waals surface area contributed by atoms with Crippen LogP contribution < -0.4 is 0 Å². The molecule has 0 spiro atoms. The van der Waals surface area contributed by atoms with E-state index in [1.54, 1.807) is 12.8 Å². The maximum atomic E-state index is 12.1. The molecule has 0 aromatic heterocycles. The Bertz CT molecular complexity index is 273. The van der Waals surface area contributed by atoms with Crippen molar-refractivity contribution in [1.29, 1.82) is 0 Å². The number of allylic oxidation sites excluding steroid dienone is 2. The van der Waals surface area contributed by atoms with Gasteiger partial charge in [0.1, 0.15) is 0 Å². The zero-order chi connectivity index (χ0) is 14.2. The van der Waals surface area contributed by atoms with Gasteiger partial charge in [0, 0.05) is 9.52 Å². The third kappa shape index (κ3) is 5.02. The first kappa shape index (κ1) is 16.3. The fourth-order valence-electron chi connectivity index (χ4n) is 4.52. The smallest absolute Gasteiger partial charge is 0.0928 e. The molecule has 2 saturated carbocycles. The molecule has 2 rings (SSSR count). The molecule has 0 aromatic carbocycles. The standard InChI is InChI=1S/C18H33FSi/c1-2-20-18-12-10-17(11-13-18)16-8-6-15(7-9-16)5-3-4-14-19/h3,5,15-18H,2,4,6-14,20H2,1H3/b5-3+/t15-,16-,17-,18-. The van der Waals surface area contributed by atoms with E-state index in [9.17, 15) is 4.39 Å². The minimum atomic E-state index is -0.198. The van der Waals surface area contributed by atoms with Gasteiger partial charge in [-0.15, -0.1) is 0 Å². The summed E-state index contributed by atoms with van der Waals surface area (Å²) in [7, 11) is 0.265. The van der Waals surface area contributed by atoms with Crippen molar-refractivity contribution < 1.29 is 4.39 Å². The Kier molecular flexibility index (Phi) is 7.33. The summed E-state index contributed by atoms with van der Waals surface area (Å²) < 4.78 is 12.1. The maximum Gasteiger partial charge on any atom is 0.0928 e. The molecule has 0 saturated heterocycles. The zero-order valence-corrected chi connectivity index (χ0v) is 14.7. The normalized spacial score (nSPS) is 36.1. The third-order valence-corrected chi connectivity index (χ3v) is 7.97. The van der Waals surface area contributed by atoms with Crippen molar-refractivity contribution in [2.24, 2.45) is 17.8 Å². The number of halogens is 1. The van der Waals surface area contributed by atoms with Crippen molar-refractivity contribution in [2.75, 3.05) is 6.67 Å². The molecule has 0 heterocycles. The van der Waals surface area contributed by atoms with Crippen molar-refractivity contribution >= 4 is 9.52 Å². The van der Waals surface area contributed by atoms with Gasteiger partial charge in [-0.1, -0.05) is 56.3 Å². The minimum absolute atomic E-state index is 0.198. The van der Waals surface area contributed by atoms with E-state index >= 15 is 0 Å². The Morgan fingerprint density at radius 1 is 0.950 bits per heavy atom. The lowest BCUT2D eigenvalue weighted by molar-refractivity contribution is 0.180. The third-order valence-electron chi connectivity index (χ3n) is 5.76. The fourth-order valence-corrected chi connectivity index (χ4v) is 6.38. The van der Waals surface area contributed by atoms with Gasteiger partial charge in [-0.05, 0) is 49.9 Å². The maximum absolute atomic E-state index is 12.1. The summed E-state index contributed by atoms with van der Waals surface area (Å²) >= 11 is 0. The van der Waals surface area contributed by atoms with Crippen LogP contribution in [-0.2, 0) is 0 Å². The first-order valence-corrected chi connectivity index (χ1v) is 10.9. The number of hydrogen-bond donors (Lipinski definition) is 0. The lowest BCUT2D eigenvalue weighted by Gasteiger charge is -2.37. The van der Waals surface area contributed by atoms with E-state index in [-0.39, 0.29) is 16.2 Å². The second kappa shape index (κ2) is 9.02. The highest BCUT2D eigenvalue weighted by Crippen LogP contribution is 2.42. The molecule has 0 amide bonds. The van der Waals surface area contributed by atoms with Gasteiger partial charge in [-0.25, -0.2) is 0 Å². The van der Waals surface area contributed by atoms with E-state index in [1.807, 2.05) is 0 Å². The molecule has 2 aliphatic rings. The molecule has 2 aliphatic carbocycles. The van der Waals surface area contributed by atoms with Crippen molar-refractivity contribution in [3.05, 3.63) is 12.2 Å². The van der Waals surface area contributed by atoms with Crippen LogP contribution in [0.1, 0.15) is 64.7 Å². The van der Waals surface area contributed by atoms with Crippen LogP contribution >= 0.6 is 0 Å². The molecule has 0 aromatic rings. The van der Waals surface area contributed by atoms with Gasteiger partial charge in [-0.2, -0.15) is 0 Å². The second-order valence-corrected chi connectivity index (χ2v) is 9.88. The van der Waals surface area contributed by atoms with E-state index in [0.29, 0.717) is 6.42 Å². The minimum Gasteiger partial charge on any atom is -0.251 e. The number of alkyl halides is 1. The predicted octanol–water partition coefficient (Wildman–Crippen LogP) is 5.29. The van der Waals surface area contributed by atoms with Crippen LogP contribution in [0.3, 0.4) is 0 Å². The van der Waals surface area contributed by atoms with Gasteiger partial charge in [0.2, 0.25) is 0 Å². The lowest BCUT2D eigenvalue weighted by atomic mass is 9.71. The quantitative estimate of drug-likeness (QED) is 0.461. The van der Waals surface area contributed by atoms with Crippen LogP contribution in [0.5, 0.6) is 0 Å². The summed E-state index contributed by atoms with van der Waals surface area (Å²) in [5, 5.41) is 0.